The zero-order valence-electron chi connectivity index (χ0n) is 23.0. The Balaban J connectivity index is 1.62. The number of benzene rings is 3. The van der Waals surface area contributed by atoms with E-state index >= 15 is 0 Å². The molecular formula is C31H25F3N4O5. The van der Waals surface area contributed by atoms with Gasteiger partial charge in [-0.1, -0.05) is 30.3 Å². The summed E-state index contributed by atoms with van der Waals surface area (Å²) in [5, 5.41) is 20.0. The molecule has 9 nitrogen and oxygen atoms in total. The molecule has 4 aromatic rings. The first-order chi connectivity index (χ1) is 20.5. The molecule has 1 aliphatic heterocycles. The van der Waals surface area contributed by atoms with Crippen LogP contribution in [-0.4, -0.2) is 45.6 Å². The van der Waals surface area contributed by atoms with E-state index in [0.717, 1.165) is 12.1 Å². The number of hydrogen-bond donors (Lipinski definition) is 2. The molecule has 2 amide bonds. The Kier molecular flexibility index (Phi) is 6.52. The molecule has 2 N–H and O–H groups in total. The minimum atomic E-state index is -4.68. The zero-order chi connectivity index (χ0) is 30.7. The fourth-order valence-electron chi connectivity index (χ4n) is 6.15. The van der Waals surface area contributed by atoms with Crippen LogP contribution >= 0.6 is 0 Å². The van der Waals surface area contributed by atoms with Crippen LogP contribution in [0, 0.1) is 0 Å². The van der Waals surface area contributed by atoms with Crippen LogP contribution < -0.4 is 14.5 Å². The molecule has 0 fully saturated rings. The van der Waals surface area contributed by atoms with Crippen LogP contribution in [0.15, 0.2) is 66.9 Å². The number of nitrogens with zero attached hydrogens (tertiary/aromatic N) is 4. The molecule has 1 spiro atoms. The van der Waals surface area contributed by atoms with Gasteiger partial charge < -0.3 is 19.8 Å². The molecule has 1 atom stereocenters. The van der Waals surface area contributed by atoms with Crippen molar-refractivity contribution in [3.05, 3.63) is 83.6 Å². The van der Waals surface area contributed by atoms with Gasteiger partial charge in [0.25, 0.3) is 5.91 Å². The van der Waals surface area contributed by atoms with E-state index in [1.54, 1.807) is 49.4 Å². The molecule has 43 heavy (non-hydrogen) atoms. The van der Waals surface area contributed by atoms with Gasteiger partial charge in [-0.25, -0.2) is 4.98 Å². The van der Waals surface area contributed by atoms with Gasteiger partial charge in [-0.3, -0.25) is 14.5 Å². The Labute approximate surface area is 243 Å². The highest BCUT2D eigenvalue weighted by molar-refractivity contribution is 6.27. The molecule has 2 heterocycles. The Hall–Kier alpha value is -5.13. The fourth-order valence-corrected chi connectivity index (χ4v) is 6.15. The largest absolute Gasteiger partial charge is 0.496 e. The van der Waals surface area contributed by atoms with Crippen molar-refractivity contribution in [1.29, 1.82) is 0 Å². The second-order valence-electron chi connectivity index (χ2n) is 10.2. The molecule has 3 aromatic carbocycles. The van der Waals surface area contributed by atoms with Gasteiger partial charge in [0.05, 0.1) is 29.6 Å². The maximum atomic E-state index is 14.8. The summed E-state index contributed by atoms with van der Waals surface area (Å²) in [6.45, 7) is 1.79. The monoisotopic (exact) mass is 590 g/mol. The van der Waals surface area contributed by atoms with Crippen LogP contribution in [0.1, 0.15) is 30.0 Å². The number of fused-ring (bicyclic) bond motifs is 3. The van der Waals surface area contributed by atoms with E-state index in [9.17, 15) is 33.0 Å². The number of anilines is 3. The van der Waals surface area contributed by atoms with Gasteiger partial charge >= 0.3 is 12.2 Å². The van der Waals surface area contributed by atoms with Crippen LogP contribution in [0.2, 0.25) is 0 Å². The van der Waals surface area contributed by atoms with Crippen molar-refractivity contribution >= 4 is 28.9 Å². The third kappa shape index (κ3) is 4.16. The quantitative estimate of drug-likeness (QED) is 0.302. The predicted molar refractivity (Wildman–Crippen MR) is 150 cm³/mol. The summed E-state index contributed by atoms with van der Waals surface area (Å²) in [7, 11) is 1.41. The topological polar surface area (TPSA) is 116 Å². The maximum Gasteiger partial charge on any atom is 0.416 e. The fraction of sp³-hybridized carbons (Fsp3) is 0.226. The van der Waals surface area contributed by atoms with Gasteiger partial charge in [0.15, 0.2) is 5.41 Å². The smallest absolute Gasteiger partial charge is 0.416 e. The van der Waals surface area contributed by atoms with Crippen molar-refractivity contribution in [2.24, 2.45) is 0 Å². The number of carbonyl (C=O) groups excluding carboxylic acids is 2. The molecule has 6 rings (SSSR count). The van der Waals surface area contributed by atoms with E-state index in [2.05, 4.69) is 9.97 Å². The number of carbonyl (C=O) groups is 2. The van der Waals surface area contributed by atoms with E-state index in [0.29, 0.717) is 22.4 Å². The number of ether oxygens (including phenoxy) is 1. The lowest BCUT2D eigenvalue weighted by atomic mass is 9.78. The van der Waals surface area contributed by atoms with Gasteiger partial charge in [0.1, 0.15) is 5.75 Å². The van der Waals surface area contributed by atoms with Crippen LogP contribution in [0.4, 0.5) is 30.2 Å². The van der Waals surface area contributed by atoms with Gasteiger partial charge in [0.2, 0.25) is 11.8 Å². The van der Waals surface area contributed by atoms with E-state index in [4.69, 9.17) is 4.74 Å². The summed E-state index contributed by atoms with van der Waals surface area (Å²) in [5.74, 6) is -1.48. The molecule has 2 aliphatic rings. The molecule has 0 radical (unpaired) electrons. The van der Waals surface area contributed by atoms with E-state index in [1.807, 2.05) is 0 Å². The van der Waals surface area contributed by atoms with Crippen molar-refractivity contribution in [3.63, 3.8) is 0 Å². The SMILES string of the molecule is CCN1C(=O)C2(CCc3c2ccc(-c2cnc(O)nc2O)c3OC)C(=O)N(c2ccccc2)c2cc(C(F)(F)F)ccc21. The number of likely N-dealkylation sites (N-methyl/N-ethyl adjacent to an activating group) is 1. The number of aromatic hydroxyl groups is 2. The average molecular weight is 591 g/mol. The summed E-state index contributed by atoms with van der Waals surface area (Å²) >= 11 is 0. The van der Waals surface area contributed by atoms with Gasteiger partial charge in [-0.2, -0.15) is 18.2 Å². The second kappa shape index (κ2) is 10.0. The minimum Gasteiger partial charge on any atom is -0.496 e. The minimum absolute atomic E-state index is 0.0256. The molecule has 0 saturated heterocycles. The zero-order valence-corrected chi connectivity index (χ0v) is 23.0. The van der Waals surface area contributed by atoms with E-state index < -0.39 is 40.9 Å². The van der Waals surface area contributed by atoms with Gasteiger partial charge in [0, 0.05) is 24.0 Å². The Morgan fingerprint density at radius 3 is 2.37 bits per heavy atom. The van der Waals surface area contributed by atoms with E-state index in [1.165, 1.54) is 29.2 Å². The van der Waals surface area contributed by atoms with Crippen LogP contribution in [-0.2, 0) is 27.6 Å². The van der Waals surface area contributed by atoms with Crippen molar-refractivity contribution in [2.45, 2.75) is 31.4 Å². The highest BCUT2D eigenvalue weighted by Gasteiger charge is 2.58. The Morgan fingerprint density at radius 2 is 1.72 bits per heavy atom. The summed E-state index contributed by atoms with van der Waals surface area (Å²) in [5.41, 5.74) is -0.905. The molecule has 12 heteroatoms. The van der Waals surface area contributed by atoms with Crippen molar-refractivity contribution in [3.8, 4) is 28.8 Å². The standard InChI is InChI=1S/C31H25F3N4O5/c1-3-37-23-12-9-17(31(32,33)34)15-24(23)38(18-7-5-4-6-8-18)28(41)30(27(37)40)14-13-20-22(30)11-10-19(25(20)43-2)21-16-35-29(42)36-26(21)39/h4-12,15-16H,3,13-14H2,1-2H3,(H2,35,36,39,42). The molecule has 220 valence electrons. The van der Waals surface area contributed by atoms with Crippen molar-refractivity contribution < 1.29 is 37.7 Å². The summed E-state index contributed by atoms with van der Waals surface area (Å²) in [6.07, 6.45) is -3.22. The first-order valence-corrected chi connectivity index (χ1v) is 13.4. The van der Waals surface area contributed by atoms with Crippen molar-refractivity contribution in [1.82, 2.24) is 9.97 Å². The first-order valence-electron chi connectivity index (χ1n) is 13.4. The number of rotatable bonds is 4. The third-order valence-corrected chi connectivity index (χ3v) is 8.06. The Morgan fingerprint density at radius 1 is 0.977 bits per heavy atom. The number of aromatic nitrogens is 2. The maximum absolute atomic E-state index is 14.8. The lowest BCUT2D eigenvalue weighted by Crippen LogP contribution is -2.53. The molecule has 0 saturated carbocycles. The summed E-state index contributed by atoms with van der Waals surface area (Å²) in [6, 6.07) is 13.8. The molecule has 0 bridgehead atoms. The van der Waals surface area contributed by atoms with Crippen molar-refractivity contribution in [2.75, 3.05) is 23.5 Å². The normalized spacial score (nSPS) is 18.1. The molecule has 1 aliphatic carbocycles. The van der Waals surface area contributed by atoms with Gasteiger partial charge in [-0.15, -0.1) is 0 Å². The van der Waals surface area contributed by atoms with Crippen LogP contribution in [0.25, 0.3) is 11.1 Å². The number of halogens is 3. The summed E-state index contributed by atoms with van der Waals surface area (Å²) < 4.78 is 47.5. The number of amides is 2. The Bertz CT molecular complexity index is 1780. The number of methoxy groups -OCH3 is 1. The predicted octanol–water partition coefficient (Wildman–Crippen LogP) is 5.50. The van der Waals surface area contributed by atoms with Gasteiger partial charge in [-0.05, 0) is 61.2 Å². The summed E-state index contributed by atoms with van der Waals surface area (Å²) in [4.78, 5) is 39.3. The van der Waals surface area contributed by atoms with E-state index in [-0.39, 0.29) is 42.1 Å². The number of hydrogen-bond acceptors (Lipinski definition) is 7. The van der Waals surface area contributed by atoms with Crippen LogP contribution in [0.5, 0.6) is 17.6 Å². The number of para-hydroxylation sites is 1. The molecular weight excluding hydrogens is 565 g/mol. The third-order valence-electron chi connectivity index (χ3n) is 8.06. The highest BCUT2D eigenvalue weighted by atomic mass is 19.4. The molecule has 1 unspecified atom stereocenters. The average Bonchev–Trinajstić information content (AvgIpc) is 3.35. The highest BCUT2D eigenvalue weighted by Crippen LogP contribution is 2.53. The first kappa shape index (κ1) is 28.0. The number of alkyl halides is 3. The van der Waals surface area contributed by atoms with Crippen LogP contribution in [0.3, 0.4) is 0 Å². The second-order valence-corrected chi connectivity index (χ2v) is 10.2. The molecule has 1 aromatic heterocycles. The lowest BCUT2D eigenvalue weighted by Gasteiger charge is -2.32. The lowest BCUT2D eigenvalue weighted by molar-refractivity contribution is -0.138.